The van der Waals surface area contributed by atoms with E-state index in [4.69, 9.17) is 0 Å². The fourth-order valence-corrected chi connectivity index (χ4v) is 20.0. The summed E-state index contributed by atoms with van der Waals surface area (Å²) >= 11 is 2.03. The van der Waals surface area contributed by atoms with Crippen LogP contribution in [0.5, 0.6) is 0 Å². The summed E-state index contributed by atoms with van der Waals surface area (Å²) in [4.78, 5) is 8.61. The fourth-order valence-electron chi connectivity index (χ4n) is 18.7. The van der Waals surface area contributed by atoms with Gasteiger partial charge in [0.25, 0.3) is 6.71 Å². The predicted molar refractivity (Wildman–Crippen MR) is 384 cm³/mol. The molecule has 2 atom stereocenters. The molecule has 15 rings (SSSR count). The van der Waals surface area contributed by atoms with Gasteiger partial charge in [-0.05, 0) is 235 Å². The van der Waals surface area contributed by atoms with E-state index >= 15 is 0 Å². The summed E-state index contributed by atoms with van der Waals surface area (Å²) in [5.41, 5.74) is 29.8. The molecule has 1 aromatic heterocycles. The van der Waals surface area contributed by atoms with Crippen LogP contribution in [0, 0.1) is 6.92 Å². The molecule has 5 heteroatoms. The first kappa shape index (κ1) is 58.6. The highest BCUT2D eigenvalue weighted by Crippen LogP contribution is 2.64. The minimum Gasteiger partial charge on any atom is -0.334 e. The molecule has 0 spiro atoms. The van der Waals surface area contributed by atoms with Gasteiger partial charge in [0.15, 0.2) is 0 Å². The maximum Gasteiger partial charge on any atom is 0.252 e. The zero-order chi connectivity index (χ0) is 62.5. The van der Waals surface area contributed by atoms with Gasteiger partial charge in [-0.2, -0.15) is 0 Å². The van der Waals surface area contributed by atoms with E-state index < -0.39 is 0 Å². The van der Waals surface area contributed by atoms with Crippen molar-refractivity contribution in [3.63, 3.8) is 0 Å². The molecular formula is C83H100BN3S. The molecule has 456 valence electrons. The molecule has 0 saturated heterocycles. The normalized spacial score (nSPS) is 23.8. The van der Waals surface area contributed by atoms with Gasteiger partial charge < -0.3 is 14.7 Å². The first-order valence-corrected chi connectivity index (χ1v) is 35.0. The van der Waals surface area contributed by atoms with Crippen LogP contribution in [0.15, 0.2) is 103 Å². The molecule has 4 aliphatic carbocycles. The number of aryl methyl sites for hydroxylation is 1. The maximum atomic E-state index is 2.91. The molecule has 3 aliphatic heterocycles. The number of hydrogen-bond donors (Lipinski definition) is 0. The topological polar surface area (TPSA) is 9.72 Å². The third kappa shape index (κ3) is 8.11. The molecule has 2 unspecified atom stereocenters. The Morgan fingerprint density at radius 2 is 0.920 bits per heavy atom. The number of anilines is 8. The van der Waals surface area contributed by atoms with Gasteiger partial charge in [0.1, 0.15) is 0 Å². The molecule has 1 saturated carbocycles. The van der Waals surface area contributed by atoms with Crippen molar-refractivity contribution in [1.82, 2.24) is 0 Å². The number of fused-ring (bicyclic) bond motifs is 14. The minimum atomic E-state index is -0.170. The smallest absolute Gasteiger partial charge is 0.252 e. The van der Waals surface area contributed by atoms with Crippen LogP contribution in [0.4, 0.5) is 45.5 Å². The molecule has 1 fully saturated rings. The average molecular weight is 1180 g/mol. The van der Waals surface area contributed by atoms with Crippen molar-refractivity contribution in [1.29, 1.82) is 0 Å². The van der Waals surface area contributed by atoms with Crippen LogP contribution in [0.2, 0.25) is 0 Å². The third-order valence-electron chi connectivity index (χ3n) is 25.2. The second-order valence-corrected chi connectivity index (χ2v) is 36.8. The Balaban J connectivity index is 1.13. The van der Waals surface area contributed by atoms with Gasteiger partial charge in [-0.15, -0.1) is 11.3 Å². The molecule has 88 heavy (non-hydrogen) atoms. The van der Waals surface area contributed by atoms with Gasteiger partial charge in [0, 0.05) is 60.7 Å². The fraction of sp³-hybridized carbons (Fsp3) is 0.494. The first-order chi connectivity index (χ1) is 41.0. The Labute approximate surface area is 534 Å². The summed E-state index contributed by atoms with van der Waals surface area (Å²) in [6.07, 6.45) is 11.8. The summed E-state index contributed by atoms with van der Waals surface area (Å²) in [5.74, 6) is 0. The summed E-state index contributed by atoms with van der Waals surface area (Å²) in [6.45, 7) is 52.2. The van der Waals surface area contributed by atoms with Crippen molar-refractivity contribution in [3.05, 3.63) is 159 Å². The van der Waals surface area contributed by atoms with E-state index in [1.165, 1.54) is 183 Å². The average Bonchev–Trinajstić information content (AvgIpc) is 1.17. The molecule has 0 bridgehead atoms. The zero-order valence-corrected chi connectivity index (χ0v) is 58.5. The second-order valence-electron chi connectivity index (χ2n) is 35.7. The van der Waals surface area contributed by atoms with Crippen LogP contribution in [-0.4, -0.2) is 12.3 Å². The molecule has 0 N–H and O–H groups in total. The van der Waals surface area contributed by atoms with E-state index in [1.54, 1.807) is 0 Å². The molecular weight excluding hydrogens is 1080 g/mol. The number of hydrogen-bond acceptors (Lipinski definition) is 4. The Morgan fingerprint density at radius 3 is 1.53 bits per heavy atom. The number of benzene rings is 7. The van der Waals surface area contributed by atoms with E-state index in [0.29, 0.717) is 0 Å². The lowest BCUT2D eigenvalue weighted by molar-refractivity contribution is 0.195. The van der Waals surface area contributed by atoms with Crippen molar-refractivity contribution in [2.24, 2.45) is 0 Å². The highest BCUT2D eigenvalue weighted by molar-refractivity contribution is 7.26. The zero-order valence-electron chi connectivity index (χ0n) is 57.7. The van der Waals surface area contributed by atoms with Gasteiger partial charge in [-0.1, -0.05) is 193 Å². The first-order valence-electron chi connectivity index (χ1n) is 34.2. The standard InChI is InChI=1S/C83H100BN3S/c1-49-40-57-60(80(16,17)38-36-77(57,10)11)47-66(49)86-69-45-53(87-65-30-24-51(75(5,6)7)42-62(65)82(20)32-22-23-33-83(82,87)21)44-68-71(69)84(63-29-27-54-55-41-50(74(2,3)4)25-31-70(55)88-73(54)72(63)86)64-46-59-61(81(18,19)39-37-79(59,14)15)48-67(64)85(68)52-26-28-56-58(43-52)78(12,13)35-34-76(56,8)9/h24-31,40-48H,22-23,32-39H2,1-21H3. The molecule has 0 amide bonds. The summed E-state index contributed by atoms with van der Waals surface area (Å²) in [7, 11) is 0. The quantitative estimate of drug-likeness (QED) is 0.163. The van der Waals surface area contributed by atoms with Crippen molar-refractivity contribution in [2.75, 3.05) is 14.7 Å². The van der Waals surface area contributed by atoms with E-state index in [1.807, 2.05) is 11.3 Å². The van der Waals surface area contributed by atoms with Crippen LogP contribution in [-0.2, 0) is 48.7 Å². The van der Waals surface area contributed by atoms with Crippen LogP contribution in [0.3, 0.4) is 0 Å². The molecule has 3 nitrogen and oxygen atoms in total. The van der Waals surface area contributed by atoms with E-state index in [9.17, 15) is 0 Å². The van der Waals surface area contributed by atoms with Crippen LogP contribution >= 0.6 is 11.3 Å². The Bertz CT molecular complexity index is 4330. The van der Waals surface area contributed by atoms with Gasteiger partial charge >= 0.3 is 0 Å². The monoisotopic (exact) mass is 1180 g/mol. The highest BCUT2D eigenvalue weighted by Gasteiger charge is 2.59. The number of rotatable bonds is 3. The highest BCUT2D eigenvalue weighted by atomic mass is 32.1. The molecule has 7 aliphatic rings. The van der Waals surface area contributed by atoms with Crippen molar-refractivity contribution in [2.45, 2.75) is 264 Å². The van der Waals surface area contributed by atoms with E-state index in [2.05, 4.69) is 263 Å². The maximum absolute atomic E-state index is 2.91. The van der Waals surface area contributed by atoms with Crippen molar-refractivity contribution < 1.29 is 0 Å². The predicted octanol–water partition coefficient (Wildman–Crippen LogP) is 21.8. The van der Waals surface area contributed by atoms with Gasteiger partial charge in [0.05, 0.1) is 15.9 Å². The third-order valence-corrected chi connectivity index (χ3v) is 26.4. The van der Waals surface area contributed by atoms with Crippen LogP contribution in [0.25, 0.3) is 20.2 Å². The lowest BCUT2D eigenvalue weighted by Crippen LogP contribution is -2.62. The Morgan fingerprint density at radius 1 is 0.398 bits per heavy atom. The lowest BCUT2D eigenvalue weighted by atomic mass is 9.33. The molecule has 0 radical (unpaired) electrons. The summed E-state index contributed by atoms with van der Waals surface area (Å²) in [6, 6.07) is 44.3. The Kier molecular flexibility index (Phi) is 12.2. The molecule has 8 aromatic rings. The molecule has 7 aromatic carbocycles. The van der Waals surface area contributed by atoms with E-state index in [0.717, 1.165) is 19.3 Å². The molecule has 4 heterocycles. The van der Waals surface area contributed by atoms with E-state index in [-0.39, 0.29) is 61.0 Å². The summed E-state index contributed by atoms with van der Waals surface area (Å²) < 4.78 is 2.75. The summed E-state index contributed by atoms with van der Waals surface area (Å²) in [5, 5.41) is 2.74. The lowest BCUT2D eigenvalue weighted by Gasteiger charge is -2.51. The van der Waals surface area contributed by atoms with Crippen LogP contribution in [0.1, 0.15) is 258 Å². The van der Waals surface area contributed by atoms with Gasteiger partial charge in [-0.3, -0.25) is 0 Å². The van der Waals surface area contributed by atoms with Gasteiger partial charge in [-0.25, -0.2) is 0 Å². The van der Waals surface area contributed by atoms with Crippen molar-refractivity contribution >= 4 is 100 Å². The van der Waals surface area contributed by atoms with Gasteiger partial charge in [0.2, 0.25) is 0 Å². The number of thiophene rings is 1. The second kappa shape index (κ2) is 18.3. The number of nitrogens with zero attached hydrogens (tertiary/aromatic N) is 3. The Hall–Kier alpha value is -5.78. The van der Waals surface area contributed by atoms with Crippen LogP contribution < -0.4 is 31.1 Å². The largest absolute Gasteiger partial charge is 0.334 e. The van der Waals surface area contributed by atoms with Crippen molar-refractivity contribution in [3.8, 4) is 0 Å². The minimum absolute atomic E-state index is 0.00857. The SMILES string of the molecule is Cc1cc2c(cc1N1c3cc(N4c5ccc(C(C)(C)C)cc5C5(C)CCCCC45C)cc4c3B(c3cc5c(cc3N4c3ccc4c(c3)C(C)(C)CCC4(C)C)C(C)(C)CCC5(C)C)c3ccc4c(sc5ccc(C(C)(C)C)cc54)c31)C(C)(C)CCC2(C)C.